The first-order valence-electron chi connectivity index (χ1n) is 7.35. The lowest BCUT2D eigenvalue weighted by molar-refractivity contribution is 0.157. The number of nitrogens with one attached hydrogen (secondary N) is 1. The van der Waals surface area contributed by atoms with Gasteiger partial charge in [-0.1, -0.05) is 0 Å². The molecule has 4 nitrogen and oxygen atoms in total. The van der Waals surface area contributed by atoms with E-state index in [4.69, 9.17) is 0 Å². The van der Waals surface area contributed by atoms with Gasteiger partial charge in [0.25, 0.3) is 0 Å². The van der Waals surface area contributed by atoms with E-state index in [0.717, 1.165) is 11.4 Å². The Morgan fingerprint density at radius 3 is 2.37 bits per heavy atom. The predicted octanol–water partition coefficient (Wildman–Crippen LogP) is 2.31. The largest absolute Gasteiger partial charge is 0.306 e. The molecule has 1 aliphatic rings. The standard InChI is InChI=1S/C15H26N4/c1-11(2)19-9-5-14(6-10-19)18-13(4)15-12(3)16-7-8-17-15/h7-8,11,13-14,18H,5-6,9-10H2,1-4H3. The van der Waals surface area contributed by atoms with Crippen LogP contribution in [-0.2, 0) is 0 Å². The zero-order valence-corrected chi connectivity index (χ0v) is 12.6. The van der Waals surface area contributed by atoms with Crippen molar-refractivity contribution in [2.75, 3.05) is 13.1 Å². The molecule has 1 unspecified atom stereocenters. The number of aryl methyl sites for hydroxylation is 1. The van der Waals surface area contributed by atoms with Crippen LogP contribution in [0.15, 0.2) is 12.4 Å². The summed E-state index contributed by atoms with van der Waals surface area (Å²) >= 11 is 0. The third kappa shape index (κ3) is 3.74. The van der Waals surface area contributed by atoms with Crippen LogP contribution in [0.5, 0.6) is 0 Å². The number of rotatable bonds is 4. The highest BCUT2D eigenvalue weighted by molar-refractivity contribution is 5.12. The molecule has 4 heteroatoms. The molecule has 0 aliphatic carbocycles. The van der Waals surface area contributed by atoms with Gasteiger partial charge < -0.3 is 10.2 Å². The van der Waals surface area contributed by atoms with Crippen LogP contribution in [0.2, 0.25) is 0 Å². The second kappa shape index (κ2) is 6.44. The minimum Gasteiger partial charge on any atom is -0.306 e. The normalized spacial score (nSPS) is 19.8. The molecule has 1 atom stereocenters. The van der Waals surface area contributed by atoms with Crippen molar-refractivity contribution in [1.29, 1.82) is 0 Å². The molecule has 1 N–H and O–H groups in total. The van der Waals surface area contributed by atoms with Gasteiger partial charge in [-0.15, -0.1) is 0 Å². The molecule has 106 valence electrons. The van der Waals surface area contributed by atoms with Crippen molar-refractivity contribution in [2.45, 2.75) is 58.7 Å². The highest BCUT2D eigenvalue weighted by atomic mass is 15.2. The molecule has 0 spiro atoms. The van der Waals surface area contributed by atoms with Crippen LogP contribution in [-0.4, -0.2) is 40.0 Å². The Morgan fingerprint density at radius 1 is 1.16 bits per heavy atom. The summed E-state index contributed by atoms with van der Waals surface area (Å²) in [7, 11) is 0. The molecule has 1 aliphatic heterocycles. The molecule has 0 bridgehead atoms. The Bertz CT molecular complexity index is 397. The van der Waals surface area contributed by atoms with Crippen molar-refractivity contribution in [3.63, 3.8) is 0 Å². The van der Waals surface area contributed by atoms with Crippen LogP contribution >= 0.6 is 0 Å². The Kier molecular flexibility index (Phi) is 4.88. The maximum absolute atomic E-state index is 4.45. The van der Waals surface area contributed by atoms with Gasteiger partial charge in [-0.2, -0.15) is 0 Å². The van der Waals surface area contributed by atoms with Gasteiger partial charge >= 0.3 is 0 Å². The third-order valence-electron chi connectivity index (χ3n) is 4.07. The zero-order valence-electron chi connectivity index (χ0n) is 12.6. The van der Waals surface area contributed by atoms with E-state index in [1.54, 1.807) is 12.4 Å². The van der Waals surface area contributed by atoms with Crippen molar-refractivity contribution in [2.24, 2.45) is 0 Å². The number of piperidine rings is 1. The highest BCUT2D eigenvalue weighted by Crippen LogP contribution is 2.18. The van der Waals surface area contributed by atoms with Crippen LogP contribution in [0.25, 0.3) is 0 Å². The lowest BCUT2D eigenvalue weighted by Crippen LogP contribution is -2.45. The fourth-order valence-corrected chi connectivity index (χ4v) is 2.86. The summed E-state index contributed by atoms with van der Waals surface area (Å²) in [4.78, 5) is 11.3. The van der Waals surface area contributed by atoms with Gasteiger partial charge in [-0.3, -0.25) is 9.97 Å². The average molecular weight is 262 g/mol. The Hall–Kier alpha value is -1.00. The van der Waals surface area contributed by atoms with E-state index >= 15 is 0 Å². The van der Waals surface area contributed by atoms with Gasteiger partial charge in [0.1, 0.15) is 0 Å². The van der Waals surface area contributed by atoms with Gasteiger partial charge in [0, 0.05) is 30.5 Å². The molecule has 0 radical (unpaired) electrons. The number of likely N-dealkylation sites (tertiary alicyclic amines) is 1. The molecule has 2 rings (SSSR count). The van der Waals surface area contributed by atoms with Crippen molar-refractivity contribution in [3.05, 3.63) is 23.8 Å². The molecular formula is C15H26N4. The van der Waals surface area contributed by atoms with E-state index < -0.39 is 0 Å². The molecule has 1 saturated heterocycles. The average Bonchev–Trinajstić information content (AvgIpc) is 2.39. The third-order valence-corrected chi connectivity index (χ3v) is 4.07. The number of nitrogens with zero attached hydrogens (tertiary/aromatic N) is 3. The molecule has 0 amide bonds. The van der Waals surface area contributed by atoms with E-state index in [-0.39, 0.29) is 6.04 Å². The maximum atomic E-state index is 4.45. The zero-order chi connectivity index (χ0) is 13.8. The van der Waals surface area contributed by atoms with E-state index in [1.807, 2.05) is 6.92 Å². The van der Waals surface area contributed by atoms with Gasteiger partial charge in [0.15, 0.2) is 0 Å². The lowest BCUT2D eigenvalue weighted by Gasteiger charge is -2.36. The number of aromatic nitrogens is 2. The van der Waals surface area contributed by atoms with E-state index in [0.29, 0.717) is 12.1 Å². The van der Waals surface area contributed by atoms with Crippen LogP contribution in [0.1, 0.15) is 51.0 Å². The van der Waals surface area contributed by atoms with Gasteiger partial charge in [0.05, 0.1) is 11.4 Å². The quantitative estimate of drug-likeness (QED) is 0.904. The summed E-state index contributed by atoms with van der Waals surface area (Å²) in [6.07, 6.45) is 5.98. The molecule has 1 aromatic rings. The highest BCUT2D eigenvalue weighted by Gasteiger charge is 2.22. The van der Waals surface area contributed by atoms with Gasteiger partial charge in [-0.05, 0) is 53.6 Å². The summed E-state index contributed by atoms with van der Waals surface area (Å²) in [5.74, 6) is 0. The summed E-state index contributed by atoms with van der Waals surface area (Å²) < 4.78 is 0. The maximum Gasteiger partial charge on any atom is 0.0782 e. The number of hydrogen-bond donors (Lipinski definition) is 1. The summed E-state index contributed by atoms with van der Waals surface area (Å²) in [6, 6.07) is 1.55. The first-order valence-corrected chi connectivity index (χ1v) is 7.35. The SMILES string of the molecule is Cc1nccnc1C(C)NC1CCN(C(C)C)CC1. The number of hydrogen-bond acceptors (Lipinski definition) is 4. The fourth-order valence-electron chi connectivity index (χ4n) is 2.86. The molecule has 1 aromatic heterocycles. The van der Waals surface area contributed by atoms with Gasteiger partial charge in [0.2, 0.25) is 0 Å². The molecule has 2 heterocycles. The minimum atomic E-state index is 0.282. The van der Waals surface area contributed by atoms with E-state index in [2.05, 4.69) is 41.0 Å². The first kappa shape index (κ1) is 14.4. The summed E-state index contributed by atoms with van der Waals surface area (Å²) in [6.45, 7) is 11.2. The Labute approximate surface area is 116 Å². The Balaban J connectivity index is 1.87. The molecule has 0 saturated carbocycles. The van der Waals surface area contributed by atoms with Crippen LogP contribution in [0.4, 0.5) is 0 Å². The Morgan fingerprint density at radius 2 is 1.79 bits per heavy atom. The fraction of sp³-hybridized carbons (Fsp3) is 0.733. The molecule has 1 fully saturated rings. The summed E-state index contributed by atoms with van der Waals surface area (Å²) in [5.41, 5.74) is 2.11. The minimum absolute atomic E-state index is 0.282. The second-order valence-corrected chi connectivity index (χ2v) is 5.82. The van der Waals surface area contributed by atoms with Crippen LogP contribution in [0.3, 0.4) is 0 Å². The second-order valence-electron chi connectivity index (χ2n) is 5.82. The molecule has 0 aromatic carbocycles. The monoisotopic (exact) mass is 262 g/mol. The molecule has 19 heavy (non-hydrogen) atoms. The van der Waals surface area contributed by atoms with Crippen LogP contribution < -0.4 is 5.32 Å². The van der Waals surface area contributed by atoms with Crippen molar-refractivity contribution in [1.82, 2.24) is 20.2 Å². The molecular weight excluding hydrogens is 236 g/mol. The predicted molar refractivity (Wildman–Crippen MR) is 78.1 cm³/mol. The summed E-state index contributed by atoms with van der Waals surface area (Å²) in [5, 5.41) is 3.71. The van der Waals surface area contributed by atoms with Gasteiger partial charge in [-0.25, -0.2) is 0 Å². The van der Waals surface area contributed by atoms with Crippen molar-refractivity contribution in [3.8, 4) is 0 Å². The van der Waals surface area contributed by atoms with E-state index in [1.165, 1.54) is 25.9 Å². The first-order chi connectivity index (χ1) is 9.08. The van der Waals surface area contributed by atoms with Crippen molar-refractivity contribution >= 4 is 0 Å². The topological polar surface area (TPSA) is 41.1 Å². The lowest BCUT2D eigenvalue weighted by atomic mass is 10.0. The van der Waals surface area contributed by atoms with E-state index in [9.17, 15) is 0 Å². The van der Waals surface area contributed by atoms with Crippen molar-refractivity contribution < 1.29 is 0 Å². The smallest absolute Gasteiger partial charge is 0.0782 e. The van der Waals surface area contributed by atoms with Crippen LogP contribution in [0, 0.1) is 6.92 Å².